The number of aryl methyl sites for hydroxylation is 1. The highest BCUT2D eigenvalue weighted by atomic mass is 79.9. The lowest BCUT2D eigenvalue weighted by atomic mass is 9.85. The average molecular weight is 474 g/mol. The van der Waals surface area contributed by atoms with Crippen molar-refractivity contribution >= 4 is 33.6 Å². The van der Waals surface area contributed by atoms with Crippen molar-refractivity contribution in [1.82, 2.24) is 15.6 Å². The van der Waals surface area contributed by atoms with Gasteiger partial charge in [0.1, 0.15) is 5.82 Å². The molecule has 0 aliphatic carbocycles. The molecule has 4 atom stereocenters. The van der Waals surface area contributed by atoms with Crippen molar-refractivity contribution in [2.45, 2.75) is 45.3 Å². The Morgan fingerprint density at radius 1 is 1.27 bits per heavy atom. The number of primary amides is 1. The largest absolute Gasteiger partial charge is 0.384 e. The molecule has 2 heterocycles. The highest BCUT2D eigenvalue weighted by Gasteiger charge is 2.41. The first-order valence-electron chi connectivity index (χ1n) is 10.0. The summed E-state index contributed by atoms with van der Waals surface area (Å²) in [5.41, 5.74) is 14.1. The van der Waals surface area contributed by atoms with Gasteiger partial charge in [0.2, 0.25) is 11.8 Å². The number of nitrogen functional groups attached to an aromatic ring is 1. The number of nitrogens with two attached hydrogens (primary N) is 2. The molecule has 0 spiro atoms. The van der Waals surface area contributed by atoms with E-state index in [1.165, 1.54) is 0 Å². The molecule has 2 aromatic rings. The number of anilines is 1. The predicted molar refractivity (Wildman–Crippen MR) is 120 cm³/mol. The molecule has 0 radical (unpaired) electrons. The Balaban J connectivity index is 1.68. The van der Waals surface area contributed by atoms with Crippen LogP contribution in [-0.4, -0.2) is 28.9 Å². The summed E-state index contributed by atoms with van der Waals surface area (Å²) >= 11 is 3.45. The van der Waals surface area contributed by atoms with E-state index >= 15 is 0 Å². The lowest BCUT2D eigenvalue weighted by Gasteiger charge is -2.25. The summed E-state index contributed by atoms with van der Waals surface area (Å²) in [6, 6.07) is 11.1. The van der Waals surface area contributed by atoms with Crippen LogP contribution in [0.15, 0.2) is 40.9 Å². The average Bonchev–Trinajstić information content (AvgIpc) is 3.12. The zero-order chi connectivity index (χ0) is 21.8. The van der Waals surface area contributed by atoms with Gasteiger partial charge >= 0.3 is 0 Å². The number of aromatic nitrogens is 1. The molecule has 0 bridgehead atoms. The van der Waals surface area contributed by atoms with Gasteiger partial charge < -0.3 is 22.1 Å². The van der Waals surface area contributed by atoms with E-state index < -0.39 is 6.04 Å². The molecule has 1 fully saturated rings. The van der Waals surface area contributed by atoms with E-state index in [1.807, 2.05) is 32.0 Å². The van der Waals surface area contributed by atoms with Gasteiger partial charge in [0.05, 0.1) is 12.0 Å². The third kappa shape index (κ3) is 5.37. The van der Waals surface area contributed by atoms with E-state index in [0.717, 1.165) is 27.7 Å². The highest BCUT2D eigenvalue weighted by Crippen LogP contribution is 2.30. The topological polar surface area (TPSA) is 123 Å². The van der Waals surface area contributed by atoms with Crippen LogP contribution < -0.4 is 22.1 Å². The van der Waals surface area contributed by atoms with Gasteiger partial charge in [-0.3, -0.25) is 9.59 Å². The highest BCUT2D eigenvalue weighted by molar-refractivity contribution is 9.10. The van der Waals surface area contributed by atoms with Gasteiger partial charge in [0.15, 0.2) is 0 Å². The molecule has 160 valence electrons. The number of nitrogens with one attached hydrogen (secondary N) is 2. The number of rotatable bonds is 7. The van der Waals surface area contributed by atoms with E-state index in [4.69, 9.17) is 11.5 Å². The number of amides is 2. The van der Waals surface area contributed by atoms with Crippen molar-refractivity contribution in [2.24, 2.45) is 17.6 Å². The van der Waals surface area contributed by atoms with Crippen LogP contribution in [0.3, 0.4) is 0 Å². The van der Waals surface area contributed by atoms with Crippen LogP contribution >= 0.6 is 15.9 Å². The summed E-state index contributed by atoms with van der Waals surface area (Å²) < 4.78 is 1.02. The maximum atomic E-state index is 12.9. The fourth-order valence-electron chi connectivity index (χ4n) is 4.07. The number of nitrogens with zero attached hydrogens (tertiary/aromatic N) is 1. The Morgan fingerprint density at radius 3 is 2.60 bits per heavy atom. The molecule has 1 aromatic heterocycles. The molecule has 1 aliphatic rings. The molecular weight excluding hydrogens is 446 g/mol. The Morgan fingerprint density at radius 2 is 1.97 bits per heavy atom. The van der Waals surface area contributed by atoms with Crippen molar-refractivity contribution < 1.29 is 9.59 Å². The number of benzene rings is 1. The van der Waals surface area contributed by atoms with Crippen LogP contribution in [0.4, 0.5) is 5.82 Å². The molecule has 1 saturated heterocycles. The molecule has 7 nitrogen and oxygen atoms in total. The van der Waals surface area contributed by atoms with Gasteiger partial charge in [-0.1, -0.05) is 41.1 Å². The summed E-state index contributed by atoms with van der Waals surface area (Å²) in [6.07, 6.45) is 1.39. The Bertz CT molecular complexity index is 918. The third-order valence-corrected chi connectivity index (χ3v) is 6.35. The van der Waals surface area contributed by atoms with Crippen LogP contribution in [0.25, 0.3) is 0 Å². The molecule has 1 aromatic carbocycles. The zero-order valence-electron chi connectivity index (χ0n) is 17.2. The van der Waals surface area contributed by atoms with Crippen molar-refractivity contribution in [3.63, 3.8) is 0 Å². The maximum Gasteiger partial charge on any atom is 0.234 e. The van der Waals surface area contributed by atoms with Gasteiger partial charge in [-0.2, -0.15) is 0 Å². The van der Waals surface area contributed by atoms with Crippen LogP contribution in [0.5, 0.6) is 0 Å². The number of hydrogen-bond acceptors (Lipinski definition) is 5. The molecular formula is C22H28BrN5O2. The molecule has 30 heavy (non-hydrogen) atoms. The maximum absolute atomic E-state index is 12.9. The summed E-state index contributed by atoms with van der Waals surface area (Å²) in [6.45, 7) is 4.14. The molecule has 3 rings (SSSR count). The van der Waals surface area contributed by atoms with Crippen LogP contribution in [0.2, 0.25) is 0 Å². The molecule has 8 heteroatoms. The first kappa shape index (κ1) is 22.2. The fraction of sp³-hybridized carbons (Fsp3) is 0.409. The molecule has 1 aliphatic heterocycles. The third-order valence-electron chi connectivity index (χ3n) is 5.82. The summed E-state index contributed by atoms with van der Waals surface area (Å²) in [4.78, 5) is 28.9. The van der Waals surface area contributed by atoms with Crippen molar-refractivity contribution in [1.29, 1.82) is 0 Å². The first-order valence-corrected chi connectivity index (χ1v) is 10.8. The minimum Gasteiger partial charge on any atom is -0.384 e. The second kappa shape index (κ2) is 9.57. The standard InChI is InChI=1S/C22H28BrN5O2/c1-12(22(30)26-11-15-5-8-19(24)27-13(15)2)20-16(10-18(28-20)21(25)29)9-14-3-6-17(23)7-4-14/h3-8,12,16,18,20,28H,9-11H2,1-2H3,(H2,24,27)(H2,25,29)(H,26,30). The number of pyridine rings is 1. The van der Waals surface area contributed by atoms with Gasteiger partial charge in [-0.15, -0.1) is 0 Å². The Labute approximate surface area is 185 Å². The quantitative estimate of drug-likeness (QED) is 0.489. The monoisotopic (exact) mass is 473 g/mol. The predicted octanol–water partition coefficient (Wildman–Crippen LogP) is 2.06. The molecule has 0 saturated carbocycles. The molecule has 6 N–H and O–H groups in total. The van der Waals surface area contributed by atoms with Crippen molar-refractivity contribution in [3.8, 4) is 0 Å². The van der Waals surface area contributed by atoms with Crippen molar-refractivity contribution in [2.75, 3.05) is 5.73 Å². The van der Waals surface area contributed by atoms with E-state index in [9.17, 15) is 9.59 Å². The lowest BCUT2D eigenvalue weighted by Crippen LogP contribution is -2.47. The van der Waals surface area contributed by atoms with Gasteiger partial charge in [0, 0.05) is 22.8 Å². The summed E-state index contributed by atoms with van der Waals surface area (Å²) in [5.74, 6) is -0.190. The Kier molecular flexibility index (Phi) is 7.10. The lowest BCUT2D eigenvalue weighted by molar-refractivity contribution is -0.126. The van der Waals surface area contributed by atoms with E-state index in [0.29, 0.717) is 18.8 Å². The van der Waals surface area contributed by atoms with E-state index in [2.05, 4.69) is 43.7 Å². The zero-order valence-corrected chi connectivity index (χ0v) is 18.8. The number of carbonyl (C=O) groups excluding carboxylic acids is 2. The van der Waals surface area contributed by atoms with Crippen LogP contribution in [-0.2, 0) is 22.6 Å². The van der Waals surface area contributed by atoms with Crippen LogP contribution in [0.1, 0.15) is 30.2 Å². The second-order valence-corrected chi connectivity index (χ2v) is 8.88. The summed E-state index contributed by atoms with van der Waals surface area (Å²) in [5, 5.41) is 6.29. The smallest absolute Gasteiger partial charge is 0.234 e. The van der Waals surface area contributed by atoms with E-state index in [1.54, 1.807) is 6.07 Å². The van der Waals surface area contributed by atoms with Gasteiger partial charge in [-0.25, -0.2) is 4.98 Å². The summed E-state index contributed by atoms with van der Waals surface area (Å²) in [7, 11) is 0. The normalized spacial score (nSPS) is 21.9. The minimum absolute atomic E-state index is 0.0744. The minimum atomic E-state index is -0.422. The fourth-order valence-corrected chi connectivity index (χ4v) is 4.34. The molecule has 2 amide bonds. The first-order chi connectivity index (χ1) is 14.2. The van der Waals surface area contributed by atoms with E-state index in [-0.39, 0.29) is 29.7 Å². The number of halogens is 1. The van der Waals surface area contributed by atoms with Crippen LogP contribution in [0, 0.1) is 18.8 Å². The van der Waals surface area contributed by atoms with Gasteiger partial charge in [0.25, 0.3) is 0 Å². The number of carbonyl (C=O) groups is 2. The Hall–Kier alpha value is -2.45. The second-order valence-electron chi connectivity index (χ2n) is 7.96. The van der Waals surface area contributed by atoms with Crippen molar-refractivity contribution in [3.05, 3.63) is 57.7 Å². The van der Waals surface area contributed by atoms with Gasteiger partial charge in [-0.05, 0) is 55.0 Å². The number of hydrogen-bond donors (Lipinski definition) is 4. The molecule has 4 unspecified atom stereocenters. The SMILES string of the molecule is Cc1nc(N)ccc1CNC(=O)C(C)C1NC(C(N)=O)CC1Cc1ccc(Br)cc1.